The molecule has 3 rings (SSSR count). The fraction of sp³-hybridized carbons (Fsp3) is 0.333. The minimum atomic E-state index is -0.131. The van der Waals surface area contributed by atoms with Crippen molar-refractivity contribution < 1.29 is 9.53 Å². The molecule has 0 bridgehead atoms. The van der Waals surface area contributed by atoms with E-state index in [1.54, 1.807) is 0 Å². The van der Waals surface area contributed by atoms with Crippen molar-refractivity contribution in [2.45, 2.75) is 12.8 Å². The van der Waals surface area contributed by atoms with Crippen LogP contribution in [0, 0.1) is 5.92 Å². The zero-order valence-electron chi connectivity index (χ0n) is 8.27. The number of carbonyl (C=O) groups is 1. The number of hydrogen-bond donors (Lipinski definition) is 0. The van der Waals surface area contributed by atoms with E-state index in [0.29, 0.717) is 12.5 Å². The molecule has 76 valence electrons. The number of aliphatic imine (C=N–C) groups is 1. The number of carbonyl (C=O) groups excluding carboxylic acids is 1. The Kier molecular flexibility index (Phi) is 1.84. The Morgan fingerprint density at radius 1 is 1.33 bits per heavy atom. The molecule has 3 heteroatoms. The molecule has 3 nitrogen and oxygen atoms in total. The van der Waals surface area contributed by atoms with Crippen LogP contribution < -0.4 is 0 Å². The summed E-state index contributed by atoms with van der Waals surface area (Å²) >= 11 is 0. The fourth-order valence-corrected chi connectivity index (χ4v) is 2.13. The monoisotopic (exact) mass is 201 g/mol. The van der Waals surface area contributed by atoms with Gasteiger partial charge in [0, 0.05) is 5.56 Å². The van der Waals surface area contributed by atoms with Gasteiger partial charge in [-0.05, 0) is 25.0 Å². The summed E-state index contributed by atoms with van der Waals surface area (Å²) in [6.07, 6.45) is 1.81. The van der Waals surface area contributed by atoms with Crippen LogP contribution in [0.5, 0.6) is 0 Å². The second kappa shape index (κ2) is 3.19. The quantitative estimate of drug-likeness (QED) is 0.646. The number of rotatable bonds is 0. The Hall–Kier alpha value is -1.64. The van der Waals surface area contributed by atoms with Crippen molar-refractivity contribution in [3.8, 4) is 0 Å². The van der Waals surface area contributed by atoms with Crippen LogP contribution >= 0.6 is 0 Å². The zero-order chi connectivity index (χ0) is 10.3. The number of hydrogen-bond acceptors (Lipinski definition) is 3. The van der Waals surface area contributed by atoms with Gasteiger partial charge in [0.25, 0.3) is 0 Å². The molecule has 0 amide bonds. The molecule has 0 N–H and O–H groups in total. The molecule has 15 heavy (non-hydrogen) atoms. The molecule has 0 saturated carbocycles. The summed E-state index contributed by atoms with van der Waals surface area (Å²) in [6.45, 7) is 0.685. The smallest absolute Gasteiger partial charge is 0.199 e. The molecule has 0 aliphatic carbocycles. The summed E-state index contributed by atoms with van der Waals surface area (Å²) in [5.74, 6) is 0.647. The number of benzene rings is 1. The molecular formula is C12H11NO2. The molecule has 1 fully saturated rings. The molecule has 2 aliphatic heterocycles. The largest absolute Gasteiger partial charge is 0.480 e. The maximum absolute atomic E-state index is 12.1. The van der Waals surface area contributed by atoms with E-state index in [9.17, 15) is 4.79 Å². The van der Waals surface area contributed by atoms with Gasteiger partial charge in [0.05, 0.1) is 18.2 Å². The van der Waals surface area contributed by atoms with Crippen molar-refractivity contribution >= 4 is 17.4 Å². The first kappa shape index (κ1) is 8.65. The lowest BCUT2D eigenvalue weighted by Crippen LogP contribution is -2.33. The lowest BCUT2D eigenvalue weighted by atomic mass is 9.89. The van der Waals surface area contributed by atoms with Gasteiger partial charge in [0.2, 0.25) is 0 Å². The van der Waals surface area contributed by atoms with Gasteiger partial charge in [-0.1, -0.05) is 12.1 Å². The fourth-order valence-electron chi connectivity index (χ4n) is 2.13. The third-order valence-electron chi connectivity index (χ3n) is 2.90. The number of Topliss-reactive ketones (excluding diaryl/α,β-unsaturated/α-hetero) is 1. The number of nitrogens with zero attached hydrogens (tertiary/aromatic N) is 1. The topological polar surface area (TPSA) is 38.7 Å². The van der Waals surface area contributed by atoms with Crippen LogP contribution in [0.25, 0.3) is 0 Å². The first-order valence-corrected chi connectivity index (χ1v) is 5.21. The molecule has 1 atom stereocenters. The number of ether oxygens (including phenoxy) is 1. The Balaban J connectivity index is 2.13. The van der Waals surface area contributed by atoms with Crippen molar-refractivity contribution in [3.63, 3.8) is 0 Å². The molecule has 2 heterocycles. The minimum absolute atomic E-state index is 0.131. The van der Waals surface area contributed by atoms with E-state index in [2.05, 4.69) is 4.99 Å². The van der Waals surface area contributed by atoms with Gasteiger partial charge in [-0.3, -0.25) is 4.79 Å². The van der Waals surface area contributed by atoms with Crippen LogP contribution in [0.15, 0.2) is 29.3 Å². The summed E-state index contributed by atoms with van der Waals surface area (Å²) < 4.78 is 5.44. The van der Waals surface area contributed by atoms with Gasteiger partial charge in [-0.2, -0.15) is 0 Å². The lowest BCUT2D eigenvalue weighted by molar-refractivity contribution is 0.0904. The minimum Gasteiger partial charge on any atom is -0.480 e. The highest BCUT2D eigenvalue weighted by Crippen LogP contribution is 2.32. The maximum atomic E-state index is 12.1. The van der Waals surface area contributed by atoms with Gasteiger partial charge < -0.3 is 4.74 Å². The summed E-state index contributed by atoms with van der Waals surface area (Å²) in [7, 11) is 0. The van der Waals surface area contributed by atoms with Gasteiger partial charge in [-0.25, -0.2) is 4.99 Å². The van der Waals surface area contributed by atoms with Crippen LogP contribution in [0.4, 0.5) is 5.69 Å². The second-order valence-corrected chi connectivity index (χ2v) is 3.87. The summed E-state index contributed by atoms with van der Waals surface area (Å²) in [5.41, 5.74) is 1.48. The average Bonchev–Trinajstić information content (AvgIpc) is 2.30. The predicted molar refractivity (Wildman–Crippen MR) is 56.5 cm³/mol. The van der Waals surface area contributed by atoms with Gasteiger partial charge in [0.15, 0.2) is 11.7 Å². The Bertz CT molecular complexity index is 451. The first-order chi connectivity index (χ1) is 7.36. The SMILES string of the molecule is O=C1c2ccccc2N=C2OCCCC12. The predicted octanol–water partition coefficient (Wildman–Crippen LogP) is 2.34. The van der Waals surface area contributed by atoms with Crippen LogP contribution in [-0.4, -0.2) is 18.3 Å². The van der Waals surface area contributed by atoms with Crippen molar-refractivity contribution in [3.05, 3.63) is 29.8 Å². The molecular weight excluding hydrogens is 190 g/mol. The summed E-state index contributed by atoms with van der Waals surface area (Å²) in [6, 6.07) is 7.46. The highest BCUT2D eigenvalue weighted by atomic mass is 16.5. The first-order valence-electron chi connectivity index (χ1n) is 5.21. The Morgan fingerprint density at radius 2 is 2.20 bits per heavy atom. The average molecular weight is 201 g/mol. The van der Waals surface area contributed by atoms with Crippen LogP contribution in [0.1, 0.15) is 23.2 Å². The lowest BCUT2D eigenvalue weighted by Gasteiger charge is -2.27. The normalized spacial score (nSPS) is 23.6. The van der Waals surface area contributed by atoms with Crippen molar-refractivity contribution in [2.24, 2.45) is 10.9 Å². The molecule has 2 aliphatic rings. The summed E-state index contributed by atoms with van der Waals surface area (Å²) in [5, 5.41) is 0. The van der Waals surface area contributed by atoms with Crippen molar-refractivity contribution in [1.29, 1.82) is 0 Å². The molecule has 1 aromatic rings. The third kappa shape index (κ3) is 1.27. The Morgan fingerprint density at radius 3 is 3.13 bits per heavy atom. The van der Waals surface area contributed by atoms with Gasteiger partial charge in [0.1, 0.15) is 0 Å². The highest BCUT2D eigenvalue weighted by Gasteiger charge is 2.34. The van der Waals surface area contributed by atoms with Crippen molar-refractivity contribution in [2.75, 3.05) is 6.61 Å². The molecule has 0 spiro atoms. The van der Waals surface area contributed by atoms with Gasteiger partial charge in [-0.15, -0.1) is 0 Å². The third-order valence-corrected chi connectivity index (χ3v) is 2.90. The van der Waals surface area contributed by atoms with E-state index in [4.69, 9.17) is 4.74 Å². The highest BCUT2D eigenvalue weighted by molar-refractivity contribution is 6.16. The molecule has 1 saturated heterocycles. The van der Waals surface area contributed by atoms with E-state index in [1.165, 1.54) is 0 Å². The molecule has 0 aromatic heterocycles. The van der Waals surface area contributed by atoms with Crippen molar-refractivity contribution in [1.82, 2.24) is 0 Å². The Labute approximate surface area is 87.8 Å². The van der Waals surface area contributed by atoms with E-state index in [1.807, 2.05) is 24.3 Å². The van der Waals surface area contributed by atoms with Crippen LogP contribution in [-0.2, 0) is 4.74 Å². The van der Waals surface area contributed by atoms with E-state index >= 15 is 0 Å². The van der Waals surface area contributed by atoms with E-state index < -0.39 is 0 Å². The van der Waals surface area contributed by atoms with Crippen LogP contribution in [0.2, 0.25) is 0 Å². The zero-order valence-corrected chi connectivity index (χ0v) is 8.27. The van der Waals surface area contributed by atoms with Crippen LogP contribution in [0.3, 0.4) is 0 Å². The number of fused-ring (bicyclic) bond motifs is 2. The molecule has 1 unspecified atom stereocenters. The number of para-hydroxylation sites is 1. The van der Waals surface area contributed by atoms with Gasteiger partial charge >= 0.3 is 0 Å². The number of ketones is 1. The molecule has 0 radical (unpaired) electrons. The second-order valence-electron chi connectivity index (χ2n) is 3.87. The standard InChI is InChI=1S/C12H11NO2/c14-11-8-4-1-2-6-10(8)13-12-9(11)5-3-7-15-12/h1-2,4,6,9H,3,5,7H2. The summed E-state index contributed by atoms with van der Waals surface area (Å²) in [4.78, 5) is 16.5. The maximum Gasteiger partial charge on any atom is 0.199 e. The van der Waals surface area contributed by atoms with E-state index in [-0.39, 0.29) is 11.7 Å². The van der Waals surface area contributed by atoms with E-state index in [0.717, 1.165) is 24.1 Å². The molecule has 1 aromatic carbocycles.